The van der Waals surface area contributed by atoms with E-state index in [1.807, 2.05) is 37.3 Å². The Morgan fingerprint density at radius 1 is 1.29 bits per heavy atom. The number of hydrogen-bond acceptors (Lipinski definition) is 2. The van der Waals surface area contributed by atoms with Gasteiger partial charge in [-0.05, 0) is 18.6 Å². The lowest BCUT2D eigenvalue weighted by Gasteiger charge is -2.24. The summed E-state index contributed by atoms with van der Waals surface area (Å²) < 4.78 is 0. The van der Waals surface area contributed by atoms with Crippen LogP contribution in [0.15, 0.2) is 42.6 Å². The van der Waals surface area contributed by atoms with Crippen molar-refractivity contribution in [2.45, 2.75) is 13.0 Å². The predicted octanol–water partition coefficient (Wildman–Crippen LogP) is 2.24. The topological polar surface area (TPSA) is 49.0 Å². The second-order valence-electron chi connectivity index (χ2n) is 3.97. The fraction of sp³-hybridized carbons (Fsp3) is 0.231. The fourth-order valence-corrected chi connectivity index (χ4v) is 1.70. The van der Waals surface area contributed by atoms with Crippen LogP contribution in [-0.2, 0) is 0 Å². The van der Waals surface area contributed by atoms with Gasteiger partial charge in [0, 0.05) is 13.2 Å². The largest absolute Gasteiger partial charge is 0.334 e. The summed E-state index contributed by atoms with van der Waals surface area (Å²) in [6.07, 6.45) is 1.58. The molecule has 0 radical (unpaired) electrons. The standard InChI is InChI=1S/C13H15N3O/c1-10(11-6-4-3-5-7-11)16(2)13(17)12-8-9-14-15-12/h3-10H,1-2H3,(H,14,15)/t10-/m0/s1. The number of amides is 1. The minimum Gasteiger partial charge on any atom is -0.334 e. The SMILES string of the molecule is C[C@@H](c1ccccc1)N(C)C(=O)c1ccn[nH]1. The molecule has 1 amide bonds. The first-order valence-electron chi connectivity index (χ1n) is 5.51. The van der Waals surface area contributed by atoms with Crippen LogP contribution in [0.25, 0.3) is 0 Å². The molecular formula is C13H15N3O. The number of hydrogen-bond donors (Lipinski definition) is 1. The van der Waals surface area contributed by atoms with Crippen LogP contribution >= 0.6 is 0 Å². The molecule has 0 bridgehead atoms. The van der Waals surface area contributed by atoms with Crippen molar-refractivity contribution in [3.63, 3.8) is 0 Å². The minimum atomic E-state index is -0.0566. The van der Waals surface area contributed by atoms with Gasteiger partial charge in [-0.25, -0.2) is 0 Å². The van der Waals surface area contributed by atoms with Crippen molar-refractivity contribution in [2.75, 3.05) is 7.05 Å². The van der Waals surface area contributed by atoms with E-state index in [2.05, 4.69) is 10.2 Å². The molecule has 0 spiro atoms. The van der Waals surface area contributed by atoms with Gasteiger partial charge in [0.2, 0.25) is 0 Å². The Labute approximate surface area is 100 Å². The summed E-state index contributed by atoms with van der Waals surface area (Å²) in [7, 11) is 1.79. The Bertz CT molecular complexity index is 479. The van der Waals surface area contributed by atoms with E-state index in [9.17, 15) is 4.79 Å². The number of aromatic amines is 1. The Balaban J connectivity index is 2.15. The van der Waals surface area contributed by atoms with Gasteiger partial charge in [0.1, 0.15) is 5.69 Å². The van der Waals surface area contributed by atoms with E-state index in [1.54, 1.807) is 24.2 Å². The molecule has 1 atom stereocenters. The molecule has 1 heterocycles. The van der Waals surface area contributed by atoms with Gasteiger partial charge in [-0.3, -0.25) is 9.89 Å². The molecular weight excluding hydrogens is 214 g/mol. The Morgan fingerprint density at radius 3 is 2.59 bits per heavy atom. The molecule has 2 rings (SSSR count). The first-order valence-corrected chi connectivity index (χ1v) is 5.51. The van der Waals surface area contributed by atoms with E-state index < -0.39 is 0 Å². The lowest BCUT2D eigenvalue weighted by Crippen LogP contribution is -2.29. The van der Waals surface area contributed by atoms with Gasteiger partial charge < -0.3 is 4.90 Å². The highest BCUT2D eigenvalue weighted by Gasteiger charge is 2.19. The molecule has 0 fully saturated rings. The zero-order chi connectivity index (χ0) is 12.3. The molecule has 0 saturated heterocycles. The minimum absolute atomic E-state index is 0.0343. The molecule has 0 saturated carbocycles. The second-order valence-corrected chi connectivity index (χ2v) is 3.97. The average molecular weight is 229 g/mol. The molecule has 0 aliphatic rings. The monoisotopic (exact) mass is 229 g/mol. The Morgan fingerprint density at radius 2 is 2.00 bits per heavy atom. The maximum absolute atomic E-state index is 12.1. The summed E-state index contributed by atoms with van der Waals surface area (Å²) in [4.78, 5) is 13.8. The summed E-state index contributed by atoms with van der Waals surface area (Å²) in [6, 6.07) is 11.7. The van der Waals surface area contributed by atoms with Crippen LogP contribution < -0.4 is 0 Å². The van der Waals surface area contributed by atoms with Gasteiger partial charge in [0.15, 0.2) is 0 Å². The number of H-pyrrole nitrogens is 1. The Kier molecular flexibility index (Phi) is 3.23. The van der Waals surface area contributed by atoms with Crippen LogP contribution in [-0.4, -0.2) is 28.1 Å². The van der Waals surface area contributed by atoms with Gasteiger partial charge in [-0.2, -0.15) is 5.10 Å². The van der Waals surface area contributed by atoms with Crippen LogP contribution in [0.5, 0.6) is 0 Å². The van der Waals surface area contributed by atoms with Crippen molar-refractivity contribution >= 4 is 5.91 Å². The van der Waals surface area contributed by atoms with Crippen LogP contribution in [0.3, 0.4) is 0 Å². The van der Waals surface area contributed by atoms with Crippen molar-refractivity contribution in [3.8, 4) is 0 Å². The molecule has 4 nitrogen and oxygen atoms in total. The summed E-state index contributed by atoms with van der Waals surface area (Å²) >= 11 is 0. The van der Waals surface area contributed by atoms with Crippen LogP contribution in [0, 0.1) is 0 Å². The van der Waals surface area contributed by atoms with Crippen LogP contribution in [0.4, 0.5) is 0 Å². The highest BCUT2D eigenvalue weighted by atomic mass is 16.2. The van der Waals surface area contributed by atoms with Crippen LogP contribution in [0.2, 0.25) is 0 Å². The summed E-state index contributed by atoms with van der Waals surface area (Å²) in [6.45, 7) is 2.00. The molecule has 1 aromatic carbocycles. The normalized spacial score (nSPS) is 12.1. The fourth-order valence-electron chi connectivity index (χ4n) is 1.70. The van der Waals surface area contributed by atoms with E-state index >= 15 is 0 Å². The summed E-state index contributed by atoms with van der Waals surface area (Å²) in [5.74, 6) is -0.0566. The molecule has 17 heavy (non-hydrogen) atoms. The zero-order valence-corrected chi connectivity index (χ0v) is 9.92. The van der Waals surface area contributed by atoms with E-state index in [0.717, 1.165) is 5.56 Å². The first-order chi connectivity index (χ1) is 8.20. The highest BCUT2D eigenvalue weighted by Crippen LogP contribution is 2.19. The maximum Gasteiger partial charge on any atom is 0.272 e. The molecule has 1 aromatic heterocycles. The third-order valence-corrected chi connectivity index (χ3v) is 2.91. The molecule has 4 heteroatoms. The van der Waals surface area contributed by atoms with E-state index in [0.29, 0.717) is 5.69 Å². The van der Waals surface area contributed by atoms with Gasteiger partial charge in [0.05, 0.1) is 6.04 Å². The van der Waals surface area contributed by atoms with E-state index in [-0.39, 0.29) is 11.9 Å². The number of carbonyl (C=O) groups is 1. The number of benzene rings is 1. The number of aromatic nitrogens is 2. The third-order valence-electron chi connectivity index (χ3n) is 2.91. The van der Waals surface area contributed by atoms with Gasteiger partial charge in [-0.1, -0.05) is 30.3 Å². The van der Waals surface area contributed by atoms with Gasteiger partial charge in [0.25, 0.3) is 5.91 Å². The summed E-state index contributed by atoms with van der Waals surface area (Å²) in [5, 5.41) is 6.47. The molecule has 2 aromatic rings. The van der Waals surface area contributed by atoms with E-state index in [1.165, 1.54) is 0 Å². The van der Waals surface area contributed by atoms with Gasteiger partial charge in [-0.15, -0.1) is 0 Å². The van der Waals surface area contributed by atoms with Crippen molar-refractivity contribution in [3.05, 3.63) is 53.9 Å². The molecule has 1 N–H and O–H groups in total. The average Bonchev–Trinajstić information content (AvgIpc) is 2.91. The number of carbonyl (C=O) groups excluding carboxylic acids is 1. The molecule has 0 aliphatic carbocycles. The maximum atomic E-state index is 12.1. The predicted molar refractivity (Wildman–Crippen MR) is 65.5 cm³/mol. The highest BCUT2D eigenvalue weighted by molar-refractivity contribution is 5.92. The van der Waals surface area contributed by atoms with E-state index in [4.69, 9.17) is 0 Å². The third kappa shape index (κ3) is 2.36. The number of nitrogens with zero attached hydrogens (tertiary/aromatic N) is 2. The van der Waals surface area contributed by atoms with Crippen molar-refractivity contribution in [2.24, 2.45) is 0 Å². The lowest BCUT2D eigenvalue weighted by molar-refractivity contribution is 0.0736. The zero-order valence-electron chi connectivity index (χ0n) is 9.92. The Hall–Kier alpha value is -2.10. The van der Waals surface area contributed by atoms with Crippen LogP contribution in [0.1, 0.15) is 29.0 Å². The first kappa shape index (κ1) is 11.4. The molecule has 88 valence electrons. The summed E-state index contributed by atoms with van der Waals surface area (Å²) in [5.41, 5.74) is 1.62. The quantitative estimate of drug-likeness (QED) is 0.877. The smallest absolute Gasteiger partial charge is 0.272 e. The van der Waals surface area contributed by atoms with Crippen molar-refractivity contribution < 1.29 is 4.79 Å². The van der Waals surface area contributed by atoms with Gasteiger partial charge >= 0.3 is 0 Å². The molecule has 0 unspecified atom stereocenters. The number of rotatable bonds is 3. The number of nitrogens with one attached hydrogen (secondary N) is 1. The molecule has 0 aliphatic heterocycles. The van der Waals surface area contributed by atoms with Crippen molar-refractivity contribution in [1.29, 1.82) is 0 Å². The lowest BCUT2D eigenvalue weighted by atomic mass is 10.1. The second kappa shape index (κ2) is 4.82. The van der Waals surface area contributed by atoms with Crippen molar-refractivity contribution in [1.82, 2.24) is 15.1 Å².